The zero-order valence-corrected chi connectivity index (χ0v) is 18.2. The van der Waals surface area contributed by atoms with Crippen LogP contribution in [0.4, 0.5) is 0 Å². The monoisotopic (exact) mass is 426 g/mol. The molecule has 5 rings (SSSR count). The Hall–Kier alpha value is -1.44. The van der Waals surface area contributed by atoms with Gasteiger partial charge >= 0.3 is 169 Å². The summed E-state index contributed by atoms with van der Waals surface area (Å²) in [5.74, 6) is 0. The molecular formula is C24H20Cl2Ti. The van der Waals surface area contributed by atoms with Gasteiger partial charge in [-0.3, -0.25) is 0 Å². The van der Waals surface area contributed by atoms with Gasteiger partial charge in [0.05, 0.1) is 0 Å². The van der Waals surface area contributed by atoms with Crippen molar-refractivity contribution in [2.75, 3.05) is 0 Å². The molecule has 0 radical (unpaired) electrons. The van der Waals surface area contributed by atoms with E-state index in [1.807, 2.05) is 6.92 Å². The van der Waals surface area contributed by atoms with Gasteiger partial charge in [0.1, 0.15) is 0 Å². The first-order valence-electron chi connectivity index (χ1n) is 9.38. The summed E-state index contributed by atoms with van der Waals surface area (Å²) < 4.78 is 3.38. The van der Waals surface area contributed by atoms with Crippen LogP contribution in [0.3, 0.4) is 0 Å². The molecule has 3 aromatic carbocycles. The van der Waals surface area contributed by atoms with Crippen molar-refractivity contribution in [2.24, 2.45) is 0 Å². The summed E-state index contributed by atoms with van der Waals surface area (Å²) in [7, 11) is 15.2. The summed E-state index contributed by atoms with van der Waals surface area (Å²) in [6.45, 7) is 2.05. The Kier molecular flexibility index (Phi) is 3.94. The van der Waals surface area contributed by atoms with Gasteiger partial charge in [0.15, 0.2) is 0 Å². The Morgan fingerprint density at radius 3 is 2.48 bits per heavy atom. The second-order valence-corrected chi connectivity index (χ2v) is 21.4. The van der Waals surface area contributed by atoms with Crippen LogP contribution in [-0.4, -0.2) is 4.31 Å². The van der Waals surface area contributed by atoms with Gasteiger partial charge in [-0.1, -0.05) is 0 Å². The van der Waals surface area contributed by atoms with Crippen LogP contribution in [0, 0.1) is 0 Å². The normalized spacial score (nSPS) is 17.4. The molecule has 0 N–H and O–H groups in total. The van der Waals surface area contributed by atoms with Crippen LogP contribution in [0.15, 0.2) is 72.8 Å². The molecule has 134 valence electrons. The van der Waals surface area contributed by atoms with E-state index in [-0.39, 0.29) is 4.22 Å². The van der Waals surface area contributed by atoms with Crippen molar-refractivity contribution in [3.8, 4) is 11.1 Å². The number of rotatable bonds is 2. The zero-order chi connectivity index (χ0) is 18.7. The van der Waals surface area contributed by atoms with Crippen LogP contribution in [0.1, 0.15) is 33.4 Å². The van der Waals surface area contributed by atoms with Gasteiger partial charge in [0.25, 0.3) is 0 Å². The molecule has 0 fully saturated rings. The number of allylic oxidation sites excluding steroid dienone is 1. The number of fused-ring (bicyclic) bond motifs is 4. The number of halogens is 2. The Morgan fingerprint density at radius 2 is 1.63 bits per heavy atom. The molecule has 1 unspecified atom stereocenters. The van der Waals surface area contributed by atoms with Crippen LogP contribution < -0.4 is 3.87 Å². The van der Waals surface area contributed by atoms with E-state index in [2.05, 4.69) is 83.2 Å². The second-order valence-electron chi connectivity index (χ2n) is 7.57. The minimum absolute atomic E-state index is 0.0572. The number of benzene rings is 3. The van der Waals surface area contributed by atoms with Gasteiger partial charge in [-0.2, -0.15) is 0 Å². The number of hydrogen-bond donors (Lipinski definition) is 0. The van der Waals surface area contributed by atoms with Crippen molar-refractivity contribution < 1.29 is 12.7 Å². The van der Waals surface area contributed by atoms with Gasteiger partial charge < -0.3 is 0 Å². The third-order valence-corrected chi connectivity index (χ3v) is 18.2. The molecule has 0 saturated heterocycles. The third kappa shape index (κ3) is 2.44. The quantitative estimate of drug-likeness (QED) is 0.322. The molecule has 0 amide bonds. The first kappa shape index (κ1) is 17.6. The Bertz CT molecular complexity index is 1180. The van der Waals surface area contributed by atoms with Crippen LogP contribution >= 0.6 is 18.6 Å². The predicted octanol–water partition coefficient (Wildman–Crippen LogP) is 6.47. The second kappa shape index (κ2) is 6.03. The molecule has 0 saturated carbocycles. The van der Waals surface area contributed by atoms with Gasteiger partial charge in [0, 0.05) is 0 Å². The Morgan fingerprint density at radius 1 is 0.889 bits per heavy atom. The standard InChI is InChI=1S/C13H9.C9H7.C2H4.2ClH.Ti/c1-3-7-12-10(5-1)9-11-6-2-4-8-13(11)12;1-2-5-9-7-3-6-8(9)4-1;1-2;;;/h1-5,7-8H,9H2;1-7H;1H,2H3;2*1H;/q;;;;;+2/p-2. The Balaban J connectivity index is 1.77. The minimum atomic E-state index is -4.24. The molecule has 0 aliphatic heterocycles. The van der Waals surface area contributed by atoms with Crippen LogP contribution in [0.25, 0.3) is 17.2 Å². The third-order valence-electron chi connectivity index (χ3n) is 6.26. The SMILES string of the molecule is C[CH]=[Ti]([Cl])([Cl])([c]1cccc2c1Cc1ccccc1-2)[CH]1C=Cc2ccccc21. The van der Waals surface area contributed by atoms with Crippen LogP contribution in [0.5, 0.6) is 0 Å². The van der Waals surface area contributed by atoms with Crippen molar-refractivity contribution in [3.63, 3.8) is 0 Å². The van der Waals surface area contributed by atoms with E-state index < -0.39 is 12.7 Å². The first-order chi connectivity index (χ1) is 13.0. The molecule has 0 aromatic heterocycles. The van der Waals surface area contributed by atoms with E-state index in [0.717, 1.165) is 6.42 Å². The summed E-state index contributed by atoms with van der Waals surface area (Å²) in [6.07, 6.45) is 5.31. The maximum atomic E-state index is 7.62. The fourth-order valence-electron chi connectivity index (χ4n) is 4.82. The molecule has 1 atom stereocenters. The summed E-state index contributed by atoms with van der Waals surface area (Å²) >= 11 is -4.24. The Labute approximate surface area is 168 Å². The van der Waals surface area contributed by atoms with E-state index >= 15 is 0 Å². The van der Waals surface area contributed by atoms with Gasteiger partial charge in [-0.25, -0.2) is 0 Å². The van der Waals surface area contributed by atoms with Crippen molar-refractivity contribution in [1.29, 1.82) is 0 Å². The van der Waals surface area contributed by atoms with Crippen LogP contribution in [0.2, 0.25) is 0 Å². The average molecular weight is 427 g/mol. The first-order valence-corrected chi connectivity index (χ1v) is 16.3. The molecule has 3 aromatic rings. The van der Waals surface area contributed by atoms with Crippen molar-refractivity contribution in [2.45, 2.75) is 17.6 Å². The van der Waals surface area contributed by atoms with Crippen molar-refractivity contribution >= 4 is 32.9 Å². The summed E-state index contributed by atoms with van der Waals surface area (Å²) in [4.78, 5) is 0. The molecule has 2 aliphatic rings. The number of hydrogen-bond acceptors (Lipinski definition) is 0. The van der Waals surface area contributed by atoms with Gasteiger partial charge in [-0.15, -0.1) is 0 Å². The fraction of sp³-hybridized carbons (Fsp3) is 0.125. The molecule has 0 bridgehead atoms. The molecule has 27 heavy (non-hydrogen) atoms. The van der Waals surface area contributed by atoms with Gasteiger partial charge in [0.2, 0.25) is 0 Å². The summed E-state index contributed by atoms with van der Waals surface area (Å²) in [5, 5.41) is 0. The summed E-state index contributed by atoms with van der Waals surface area (Å²) in [6, 6.07) is 23.6. The van der Waals surface area contributed by atoms with E-state index in [1.54, 1.807) is 0 Å². The van der Waals surface area contributed by atoms with E-state index in [0.29, 0.717) is 0 Å². The molecule has 3 heteroatoms. The fourth-order valence-corrected chi connectivity index (χ4v) is 13.3. The van der Waals surface area contributed by atoms with Crippen molar-refractivity contribution in [1.82, 2.24) is 0 Å². The van der Waals surface area contributed by atoms with E-state index in [9.17, 15) is 0 Å². The van der Waals surface area contributed by atoms with Crippen LogP contribution in [-0.2, 0) is 19.1 Å². The molecule has 0 spiro atoms. The molecule has 0 heterocycles. The van der Waals surface area contributed by atoms with E-state index in [4.69, 9.17) is 18.6 Å². The topological polar surface area (TPSA) is 0 Å². The predicted molar refractivity (Wildman–Crippen MR) is 116 cm³/mol. The van der Waals surface area contributed by atoms with Crippen molar-refractivity contribution in [3.05, 3.63) is 95.1 Å². The average Bonchev–Trinajstić information content (AvgIpc) is 3.30. The maximum absolute atomic E-state index is 7.62. The molecule has 0 nitrogen and oxygen atoms in total. The molecular weight excluding hydrogens is 407 g/mol. The summed E-state index contributed by atoms with van der Waals surface area (Å²) in [5.41, 5.74) is 7.77. The molecule has 2 aliphatic carbocycles. The zero-order valence-electron chi connectivity index (χ0n) is 15.1. The van der Waals surface area contributed by atoms with E-state index in [1.165, 1.54) is 37.2 Å². The van der Waals surface area contributed by atoms with Gasteiger partial charge in [-0.05, 0) is 0 Å².